The summed E-state index contributed by atoms with van der Waals surface area (Å²) in [6.45, 7) is 14.5. The summed E-state index contributed by atoms with van der Waals surface area (Å²) in [6, 6.07) is 0. The second-order valence-electron chi connectivity index (χ2n) is 7.93. The molecular formula is C21H32N4O2S. The van der Waals surface area contributed by atoms with Gasteiger partial charge in [0.1, 0.15) is 16.5 Å². The molecule has 0 radical (unpaired) electrons. The highest BCUT2D eigenvalue weighted by Crippen LogP contribution is 2.36. The van der Waals surface area contributed by atoms with Gasteiger partial charge < -0.3 is 14.4 Å². The largest absolute Gasteiger partial charge is 0.381 e. The first-order chi connectivity index (χ1) is 13.7. The van der Waals surface area contributed by atoms with E-state index in [0.29, 0.717) is 5.92 Å². The van der Waals surface area contributed by atoms with Crippen LogP contribution in [0, 0.1) is 19.8 Å². The van der Waals surface area contributed by atoms with Crippen LogP contribution in [0.1, 0.15) is 36.0 Å². The predicted molar refractivity (Wildman–Crippen MR) is 114 cm³/mol. The minimum Gasteiger partial charge on any atom is -0.381 e. The number of hydrogen-bond donors (Lipinski definition) is 0. The maximum atomic E-state index is 5.72. The van der Waals surface area contributed by atoms with Crippen LogP contribution in [0.5, 0.6) is 0 Å². The highest BCUT2D eigenvalue weighted by molar-refractivity contribution is 7.18. The van der Waals surface area contributed by atoms with Crippen LogP contribution in [0.25, 0.3) is 10.2 Å². The number of fused-ring (bicyclic) bond motifs is 1. The number of rotatable bonds is 6. The summed E-state index contributed by atoms with van der Waals surface area (Å²) in [5, 5.41) is 1.25. The molecule has 4 rings (SSSR count). The predicted octanol–water partition coefficient (Wildman–Crippen LogP) is 3.39. The first kappa shape index (κ1) is 20.0. The number of morpholine rings is 1. The molecule has 0 bridgehead atoms. The second kappa shape index (κ2) is 9.03. The number of aryl methyl sites for hydroxylation is 2. The molecule has 0 saturated carbocycles. The fourth-order valence-corrected chi connectivity index (χ4v) is 5.25. The minimum atomic E-state index is 0.585. The van der Waals surface area contributed by atoms with Gasteiger partial charge in [-0.15, -0.1) is 11.3 Å². The summed E-state index contributed by atoms with van der Waals surface area (Å²) in [5.41, 5.74) is 1.33. The Labute approximate surface area is 171 Å². The smallest absolute Gasteiger partial charge is 0.146 e. The van der Waals surface area contributed by atoms with Gasteiger partial charge in [0.05, 0.1) is 31.8 Å². The number of anilines is 1. The fraction of sp³-hybridized carbons (Fsp3) is 0.714. The van der Waals surface area contributed by atoms with Gasteiger partial charge in [0.15, 0.2) is 0 Å². The van der Waals surface area contributed by atoms with E-state index >= 15 is 0 Å². The van der Waals surface area contributed by atoms with Crippen LogP contribution in [0.3, 0.4) is 0 Å². The average Bonchev–Trinajstić information content (AvgIpc) is 3.00. The number of hydrogen-bond acceptors (Lipinski definition) is 7. The van der Waals surface area contributed by atoms with Crippen LogP contribution < -0.4 is 4.90 Å². The van der Waals surface area contributed by atoms with Crippen LogP contribution in [-0.2, 0) is 16.0 Å². The maximum Gasteiger partial charge on any atom is 0.146 e. The fourth-order valence-electron chi connectivity index (χ4n) is 4.21. The summed E-state index contributed by atoms with van der Waals surface area (Å²) >= 11 is 1.80. The van der Waals surface area contributed by atoms with Crippen LogP contribution in [-0.4, -0.2) is 67.5 Å². The van der Waals surface area contributed by atoms with Gasteiger partial charge >= 0.3 is 0 Å². The molecule has 2 aliphatic rings. The zero-order chi connectivity index (χ0) is 19.5. The molecule has 0 amide bonds. The van der Waals surface area contributed by atoms with Gasteiger partial charge in [-0.3, -0.25) is 4.90 Å². The van der Waals surface area contributed by atoms with Crippen molar-refractivity contribution in [2.45, 2.75) is 40.2 Å². The molecule has 0 N–H and O–H groups in total. The molecule has 2 saturated heterocycles. The zero-order valence-corrected chi connectivity index (χ0v) is 18.2. The molecule has 28 heavy (non-hydrogen) atoms. The standard InChI is InChI=1S/C21H32N4O2S/c1-4-26-14-17-6-5-7-25(12-17)20-19-15(2)16(3)28-21(19)23-18(22-20)13-24-8-10-27-11-9-24/h17H,4-14H2,1-3H3. The second-order valence-corrected chi connectivity index (χ2v) is 9.13. The van der Waals surface area contributed by atoms with Crippen molar-refractivity contribution in [2.24, 2.45) is 5.92 Å². The summed E-state index contributed by atoms with van der Waals surface area (Å²) in [7, 11) is 0. The normalized spacial score (nSPS) is 21.5. The van der Waals surface area contributed by atoms with Gasteiger partial charge in [-0.25, -0.2) is 9.97 Å². The Kier molecular flexibility index (Phi) is 6.45. The van der Waals surface area contributed by atoms with Crippen molar-refractivity contribution < 1.29 is 9.47 Å². The molecule has 0 aliphatic carbocycles. The molecule has 0 spiro atoms. The van der Waals surface area contributed by atoms with E-state index in [2.05, 4.69) is 30.6 Å². The molecule has 6 nitrogen and oxygen atoms in total. The van der Waals surface area contributed by atoms with E-state index in [1.165, 1.54) is 28.7 Å². The third-order valence-corrected chi connectivity index (χ3v) is 7.00. The summed E-state index contributed by atoms with van der Waals surface area (Å²) in [5.74, 6) is 2.66. The van der Waals surface area contributed by atoms with Crippen LogP contribution in [0.2, 0.25) is 0 Å². The lowest BCUT2D eigenvalue weighted by Gasteiger charge is -2.34. The third-order valence-electron chi connectivity index (χ3n) is 5.90. The average molecular weight is 405 g/mol. The van der Waals surface area contributed by atoms with Gasteiger partial charge in [-0.05, 0) is 45.1 Å². The molecule has 2 aliphatic heterocycles. The Balaban J connectivity index is 1.64. The van der Waals surface area contributed by atoms with E-state index in [4.69, 9.17) is 19.4 Å². The summed E-state index contributed by atoms with van der Waals surface area (Å²) < 4.78 is 11.2. The van der Waals surface area contributed by atoms with Crippen molar-refractivity contribution in [3.8, 4) is 0 Å². The zero-order valence-electron chi connectivity index (χ0n) is 17.4. The highest BCUT2D eigenvalue weighted by atomic mass is 32.1. The van der Waals surface area contributed by atoms with Crippen molar-refractivity contribution in [2.75, 3.05) is 57.5 Å². The van der Waals surface area contributed by atoms with E-state index in [0.717, 1.165) is 75.6 Å². The monoisotopic (exact) mass is 404 g/mol. The first-order valence-electron chi connectivity index (χ1n) is 10.5. The lowest BCUT2D eigenvalue weighted by Crippen LogP contribution is -2.38. The molecular weight excluding hydrogens is 372 g/mol. The van der Waals surface area contributed by atoms with Crippen LogP contribution >= 0.6 is 11.3 Å². The van der Waals surface area contributed by atoms with Gasteiger partial charge in [-0.1, -0.05) is 0 Å². The first-order valence-corrected chi connectivity index (χ1v) is 11.4. The maximum absolute atomic E-state index is 5.72. The quantitative estimate of drug-likeness (QED) is 0.736. The highest BCUT2D eigenvalue weighted by Gasteiger charge is 2.25. The molecule has 2 fully saturated rings. The molecule has 1 atom stereocenters. The SMILES string of the molecule is CCOCC1CCCN(c2nc(CN3CCOCC3)nc3sc(C)c(C)c23)C1. The lowest BCUT2D eigenvalue weighted by molar-refractivity contribution is 0.0331. The van der Waals surface area contributed by atoms with Crippen molar-refractivity contribution in [1.29, 1.82) is 0 Å². The molecule has 0 aromatic carbocycles. The molecule has 2 aromatic rings. The Morgan fingerprint density at radius 3 is 2.79 bits per heavy atom. The number of nitrogens with zero attached hydrogens (tertiary/aromatic N) is 4. The summed E-state index contributed by atoms with van der Waals surface area (Å²) in [4.78, 5) is 17.4. The van der Waals surface area contributed by atoms with Crippen molar-refractivity contribution in [1.82, 2.24) is 14.9 Å². The van der Waals surface area contributed by atoms with Gasteiger partial charge in [0, 0.05) is 37.7 Å². The molecule has 2 aromatic heterocycles. The Bertz CT molecular complexity index is 803. The molecule has 7 heteroatoms. The Morgan fingerprint density at radius 2 is 2.00 bits per heavy atom. The van der Waals surface area contributed by atoms with Crippen molar-refractivity contribution in [3.05, 3.63) is 16.3 Å². The van der Waals surface area contributed by atoms with E-state index < -0.39 is 0 Å². The number of thiophene rings is 1. The number of aromatic nitrogens is 2. The Morgan fingerprint density at radius 1 is 1.18 bits per heavy atom. The summed E-state index contributed by atoms with van der Waals surface area (Å²) in [6.07, 6.45) is 2.44. The van der Waals surface area contributed by atoms with Crippen molar-refractivity contribution in [3.63, 3.8) is 0 Å². The minimum absolute atomic E-state index is 0.585. The van der Waals surface area contributed by atoms with E-state index in [-0.39, 0.29) is 0 Å². The van der Waals surface area contributed by atoms with E-state index in [9.17, 15) is 0 Å². The van der Waals surface area contributed by atoms with E-state index in [1.54, 1.807) is 11.3 Å². The van der Waals surface area contributed by atoms with E-state index in [1.807, 2.05) is 0 Å². The van der Waals surface area contributed by atoms with Gasteiger partial charge in [0.2, 0.25) is 0 Å². The Hall–Kier alpha value is -1.28. The topological polar surface area (TPSA) is 50.7 Å². The van der Waals surface area contributed by atoms with Crippen molar-refractivity contribution >= 4 is 27.4 Å². The third kappa shape index (κ3) is 4.32. The van der Waals surface area contributed by atoms with Gasteiger partial charge in [-0.2, -0.15) is 0 Å². The van der Waals surface area contributed by atoms with Crippen LogP contribution in [0.4, 0.5) is 5.82 Å². The van der Waals surface area contributed by atoms with Gasteiger partial charge in [0.25, 0.3) is 0 Å². The molecule has 154 valence electrons. The number of piperidine rings is 1. The molecule has 1 unspecified atom stereocenters. The number of ether oxygens (including phenoxy) is 2. The van der Waals surface area contributed by atoms with Crippen LogP contribution in [0.15, 0.2) is 0 Å². The lowest BCUT2D eigenvalue weighted by atomic mass is 9.98. The molecule has 4 heterocycles.